The van der Waals surface area contributed by atoms with E-state index in [2.05, 4.69) is 15.3 Å². The lowest BCUT2D eigenvalue weighted by molar-refractivity contribution is 0.109. The van der Waals surface area contributed by atoms with E-state index in [9.17, 15) is 0 Å². The first-order valence-corrected chi connectivity index (χ1v) is 7.01. The van der Waals surface area contributed by atoms with Crippen molar-refractivity contribution in [3.63, 3.8) is 0 Å². The van der Waals surface area contributed by atoms with Gasteiger partial charge in [-0.2, -0.15) is 0 Å². The van der Waals surface area contributed by atoms with Crippen molar-refractivity contribution >= 4 is 11.3 Å². The zero-order chi connectivity index (χ0) is 13.2. The summed E-state index contributed by atoms with van der Waals surface area (Å²) in [5, 5.41) is 3.23. The van der Waals surface area contributed by atoms with Crippen LogP contribution in [0, 0.1) is 0 Å². The highest BCUT2D eigenvalue weighted by atomic mass is 32.1. The second kappa shape index (κ2) is 9.41. The molecule has 2 N–H and O–H groups in total. The molecule has 104 valence electrons. The van der Waals surface area contributed by atoms with E-state index < -0.39 is 0 Å². The van der Waals surface area contributed by atoms with E-state index in [1.165, 1.54) is 0 Å². The summed E-state index contributed by atoms with van der Waals surface area (Å²) >= 11 is 1.68. The Bertz CT molecular complexity index is 312. The number of nitrogens with zero attached hydrogens (tertiary/aromatic N) is 2. The fraction of sp³-hybridized carbons (Fsp3) is 0.750. The van der Waals surface area contributed by atoms with Crippen molar-refractivity contribution in [1.82, 2.24) is 9.88 Å². The summed E-state index contributed by atoms with van der Waals surface area (Å²) in [6.07, 6.45) is 0.862. The Labute approximate surface area is 113 Å². The van der Waals surface area contributed by atoms with Crippen molar-refractivity contribution in [2.75, 3.05) is 47.1 Å². The Morgan fingerprint density at radius 3 is 2.50 bits per heavy atom. The van der Waals surface area contributed by atoms with E-state index in [-0.39, 0.29) is 0 Å². The molecule has 18 heavy (non-hydrogen) atoms. The Morgan fingerprint density at radius 1 is 1.28 bits per heavy atom. The van der Waals surface area contributed by atoms with Gasteiger partial charge in [0, 0.05) is 45.7 Å². The fourth-order valence-electron chi connectivity index (χ4n) is 1.60. The van der Waals surface area contributed by atoms with Gasteiger partial charge in [0.05, 0.1) is 23.9 Å². The first-order chi connectivity index (χ1) is 8.80. The van der Waals surface area contributed by atoms with Crippen LogP contribution in [0.5, 0.6) is 0 Å². The Kier molecular flexibility index (Phi) is 8.11. The molecule has 1 heterocycles. The van der Waals surface area contributed by atoms with E-state index >= 15 is 0 Å². The molecule has 0 saturated carbocycles. The molecule has 0 spiro atoms. The summed E-state index contributed by atoms with van der Waals surface area (Å²) in [5.41, 5.74) is 6.63. The zero-order valence-corrected chi connectivity index (χ0v) is 12.0. The average Bonchev–Trinajstić information content (AvgIpc) is 2.80. The molecule has 1 aromatic rings. The number of aromatic nitrogens is 1. The maximum atomic E-state index is 5.53. The van der Waals surface area contributed by atoms with Gasteiger partial charge in [0.25, 0.3) is 0 Å². The van der Waals surface area contributed by atoms with E-state index in [1.807, 2.05) is 0 Å². The van der Waals surface area contributed by atoms with Crippen LogP contribution >= 0.6 is 11.3 Å². The van der Waals surface area contributed by atoms with Crippen molar-refractivity contribution < 1.29 is 9.47 Å². The van der Waals surface area contributed by atoms with Crippen molar-refractivity contribution in [1.29, 1.82) is 0 Å². The van der Waals surface area contributed by atoms with Gasteiger partial charge in [0.1, 0.15) is 0 Å². The van der Waals surface area contributed by atoms with Gasteiger partial charge in [-0.25, -0.2) is 4.98 Å². The van der Waals surface area contributed by atoms with Gasteiger partial charge in [0.15, 0.2) is 0 Å². The van der Waals surface area contributed by atoms with E-state index in [1.54, 1.807) is 25.6 Å². The SMILES string of the molecule is COCCN(CCOC)Cc1csc(CCN)n1. The van der Waals surface area contributed by atoms with Crippen LogP contribution < -0.4 is 5.73 Å². The third kappa shape index (κ3) is 5.88. The smallest absolute Gasteiger partial charge is 0.0941 e. The molecule has 0 bridgehead atoms. The molecule has 0 saturated heterocycles. The molecule has 1 aromatic heterocycles. The van der Waals surface area contributed by atoms with Crippen molar-refractivity contribution in [2.24, 2.45) is 5.73 Å². The maximum absolute atomic E-state index is 5.53. The predicted octanol–water partition coefficient (Wildman–Crippen LogP) is 0.739. The summed E-state index contributed by atoms with van der Waals surface area (Å²) in [6.45, 7) is 4.73. The standard InChI is InChI=1S/C12H23N3O2S/c1-16-7-5-15(6-8-17-2)9-11-10-18-12(14-11)3-4-13/h10H,3-9,13H2,1-2H3. The first-order valence-electron chi connectivity index (χ1n) is 6.13. The molecule has 0 aromatic carbocycles. The van der Waals surface area contributed by atoms with Gasteiger partial charge < -0.3 is 15.2 Å². The first kappa shape index (κ1) is 15.5. The molecule has 1 rings (SSSR count). The van der Waals surface area contributed by atoms with Gasteiger partial charge >= 0.3 is 0 Å². The minimum atomic E-state index is 0.657. The number of ether oxygens (including phenoxy) is 2. The van der Waals surface area contributed by atoms with Gasteiger partial charge in [-0.15, -0.1) is 11.3 Å². The molecule has 0 unspecified atom stereocenters. The van der Waals surface area contributed by atoms with Crippen LogP contribution in [0.4, 0.5) is 0 Å². The second-order valence-electron chi connectivity index (χ2n) is 4.03. The lowest BCUT2D eigenvalue weighted by Gasteiger charge is -2.20. The predicted molar refractivity (Wildman–Crippen MR) is 73.9 cm³/mol. The zero-order valence-electron chi connectivity index (χ0n) is 11.2. The van der Waals surface area contributed by atoms with Crippen molar-refractivity contribution in [3.05, 3.63) is 16.1 Å². The molecule has 0 amide bonds. The summed E-state index contributed by atoms with van der Waals surface area (Å²) in [4.78, 5) is 6.86. The number of thiazole rings is 1. The summed E-state index contributed by atoms with van der Waals surface area (Å²) < 4.78 is 10.2. The quantitative estimate of drug-likeness (QED) is 0.681. The Morgan fingerprint density at radius 2 is 1.94 bits per heavy atom. The summed E-state index contributed by atoms with van der Waals surface area (Å²) in [6, 6.07) is 0. The lowest BCUT2D eigenvalue weighted by atomic mass is 10.4. The van der Waals surface area contributed by atoms with Crippen LogP contribution in [-0.2, 0) is 22.4 Å². The molecule has 0 aliphatic rings. The summed E-state index contributed by atoms with van der Waals surface area (Å²) in [5.74, 6) is 0. The highest BCUT2D eigenvalue weighted by Gasteiger charge is 2.08. The third-order valence-electron chi connectivity index (χ3n) is 2.57. The van der Waals surface area contributed by atoms with Crippen LogP contribution in [0.3, 0.4) is 0 Å². The van der Waals surface area contributed by atoms with E-state index in [4.69, 9.17) is 15.2 Å². The normalized spacial score (nSPS) is 11.3. The Hall–Kier alpha value is -0.530. The van der Waals surface area contributed by atoms with E-state index in [0.29, 0.717) is 6.54 Å². The lowest BCUT2D eigenvalue weighted by Crippen LogP contribution is -2.30. The maximum Gasteiger partial charge on any atom is 0.0941 e. The van der Waals surface area contributed by atoms with Gasteiger partial charge in [-0.1, -0.05) is 0 Å². The highest BCUT2D eigenvalue weighted by Crippen LogP contribution is 2.12. The second-order valence-corrected chi connectivity index (χ2v) is 4.98. The number of hydrogen-bond donors (Lipinski definition) is 1. The molecule has 0 fully saturated rings. The van der Waals surface area contributed by atoms with E-state index in [0.717, 1.165) is 50.0 Å². The van der Waals surface area contributed by atoms with Crippen molar-refractivity contribution in [3.8, 4) is 0 Å². The molecular formula is C12H23N3O2S. The molecule has 0 aliphatic heterocycles. The highest BCUT2D eigenvalue weighted by molar-refractivity contribution is 7.09. The third-order valence-corrected chi connectivity index (χ3v) is 3.52. The molecule has 0 radical (unpaired) electrons. The van der Waals surface area contributed by atoms with Gasteiger partial charge in [0.2, 0.25) is 0 Å². The number of rotatable bonds is 10. The fourth-order valence-corrected chi connectivity index (χ4v) is 2.40. The molecule has 6 heteroatoms. The molecular weight excluding hydrogens is 250 g/mol. The topological polar surface area (TPSA) is 60.6 Å². The average molecular weight is 273 g/mol. The molecule has 5 nitrogen and oxygen atoms in total. The molecule has 0 aliphatic carbocycles. The van der Waals surface area contributed by atoms with Gasteiger partial charge in [-0.05, 0) is 6.54 Å². The number of methoxy groups -OCH3 is 2. The number of hydrogen-bond acceptors (Lipinski definition) is 6. The Balaban J connectivity index is 2.46. The van der Waals surface area contributed by atoms with Crippen LogP contribution in [0.15, 0.2) is 5.38 Å². The molecule has 0 atom stereocenters. The van der Waals surface area contributed by atoms with Crippen LogP contribution in [0.2, 0.25) is 0 Å². The van der Waals surface area contributed by atoms with Crippen LogP contribution in [0.25, 0.3) is 0 Å². The summed E-state index contributed by atoms with van der Waals surface area (Å²) in [7, 11) is 3.44. The minimum Gasteiger partial charge on any atom is -0.383 e. The van der Waals surface area contributed by atoms with Crippen molar-refractivity contribution in [2.45, 2.75) is 13.0 Å². The van der Waals surface area contributed by atoms with Crippen LogP contribution in [0.1, 0.15) is 10.7 Å². The monoisotopic (exact) mass is 273 g/mol. The largest absolute Gasteiger partial charge is 0.383 e. The number of nitrogens with two attached hydrogens (primary N) is 1. The van der Waals surface area contributed by atoms with Crippen LogP contribution in [-0.4, -0.2) is 57.0 Å². The minimum absolute atomic E-state index is 0.657. The van der Waals surface area contributed by atoms with Gasteiger partial charge in [-0.3, -0.25) is 4.90 Å².